The van der Waals surface area contributed by atoms with Crippen LogP contribution < -0.4 is 10.6 Å². The fraction of sp³-hybridized carbons (Fsp3) is 0.812. The zero-order valence-corrected chi connectivity index (χ0v) is 14.9. The van der Waals surface area contributed by atoms with Crippen LogP contribution in [0.5, 0.6) is 0 Å². The van der Waals surface area contributed by atoms with E-state index in [2.05, 4.69) is 21.5 Å². The standard InChI is InChI=1S/C16H27N3.HI/c1-3-4-11-18-16(17-2)19-15-10-9-13-7-5-6-8-14(13)12-15;/h1,13-15H,4-12H2,2H3,(H2,17,18,19);1H. The summed E-state index contributed by atoms with van der Waals surface area (Å²) in [5.74, 6) is 5.51. The van der Waals surface area contributed by atoms with E-state index < -0.39 is 0 Å². The second kappa shape index (κ2) is 9.49. The Hall–Kier alpha value is -0.440. The fourth-order valence-corrected chi connectivity index (χ4v) is 3.65. The summed E-state index contributed by atoms with van der Waals surface area (Å²) in [7, 11) is 1.83. The minimum atomic E-state index is 0. The molecule has 20 heavy (non-hydrogen) atoms. The van der Waals surface area contributed by atoms with Crippen molar-refractivity contribution in [1.29, 1.82) is 0 Å². The van der Waals surface area contributed by atoms with Crippen LogP contribution in [0.3, 0.4) is 0 Å². The van der Waals surface area contributed by atoms with Crippen molar-refractivity contribution in [2.45, 2.75) is 57.4 Å². The second-order valence-electron chi connectivity index (χ2n) is 5.91. The summed E-state index contributed by atoms with van der Waals surface area (Å²) in [5, 5.41) is 6.85. The van der Waals surface area contributed by atoms with Gasteiger partial charge in [-0.15, -0.1) is 36.3 Å². The van der Waals surface area contributed by atoms with E-state index in [0.717, 1.165) is 30.8 Å². The van der Waals surface area contributed by atoms with Crippen LogP contribution in [-0.2, 0) is 0 Å². The van der Waals surface area contributed by atoms with E-state index in [1.165, 1.54) is 44.9 Å². The van der Waals surface area contributed by atoms with Gasteiger partial charge in [0, 0.05) is 26.1 Å². The van der Waals surface area contributed by atoms with Crippen molar-refractivity contribution < 1.29 is 0 Å². The third-order valence-electron chi connectivity index (χ3n) is 4.67. The number of guanidine groups is 1. The first-order valence-corrected chi connectivity index (χ1v) is 7.74. The molecule has 0 amide bonds. The third kappa shape index (κ3) is 5.16. The average molecular weight is 389 g/mol. The van der Waals surface area contributed by atoms with E-state index in [-0.39, 0.29) is 24.0 Å². The van der Waals surface area contributed by atoms with Crippen LogP contribution in [0, 0.1) is 24.2 Å². The predicted octanol–water partition coefficient (Wildman–Crippen LogP) is 3.15. The molecule has 0 aromatic carbocycles. The van der Waals surface area contributed by atoms with Crippen molar-refractivity contribution in [1.82, 2.24) is 10.6 Å². The third-order valence-corrected chi connectivity index (χ3v) is 4.67. The van der Waals surface area contributed by atoms with Gasteiger partial charge in [0.1, 0.15) is 0 Å². The number of aliphatic imine (C=N–C) groups is 1. The first-order valence-electron chi connectivity index (χ1n) is 7.74. The highest BCUT2D eigenvalue weighted by molar-refractivity contribution is 14.0. The summed E-state index contributed by atoms with van der Waals surface area (Å²) in [4.78, 5) is 4.28. The summed E-state index contributed by atoms with van der Waals surface area (Å²) in [6.45, 7) is 0.801. The molecule has 2 rings (SSSR count). The lowest BCUT2D eigenvalue weighted by Gasteiger charge is -2.39. The van der Waals surface area contributed by atoms with Gasteiger partial charge in [0.05, 0.1) is 0 Å². The molecule has 2 N–H and O–H groups in total. The zero-order chi connectivity index (χ0) is 13.5. The van der Waals surface area contributed by atoms with E-state index in [9.17, 15) is 0 Å². The predicted molar refractivity (Wildman–Crippen MR) is 96.4 cm³/mol. The van der Waals surface area contributed by atoms with Gasteiger partial charge in [-0.05, 0) is 31.1 Å². The van der Waals surface area contributed by atoms with E-state index >= 15 is 0 Å². The number of nitrogens with zero attached hydrogens (tertiary/aromatic N) is 1. The maximum atomic E-state index is 5.26. The number of fused-ring (bicyclic) bond motifs is 1. The van der Waals surface area contributed by atoms with Gasteiger partial charge in [-0.25, -0.2) is 0 Å². The van der Waals surface area contributed by atoms with E-state index in [1.54, 1.807) is 0 Å². The van der Waals surface area contributed by atoms with Crippen LogP contribution in [0.25, 0.3) is 0 Å². The Morgan fingerprint density at radius 2 is 1.95 bits per heavy atom. The molecule has 0 aromatic rings. The Balaban J connectivity index is 0.00000200. The Kier molecular flexibility index (Phi) is 8.35. The molecule has 0 heterocycles. The SMILES string of the molecule is C#CCCNC(=NC)NC1CCC2CCCCC2C1.I. The maximum Gasteiger partial charge on any atom is 0.191 e. The lowest BCUT2D eigenvalue weighted by Crippen LogP contribution is -2.47. The molecule has 0 aromatic heterocycles. The van der Waals surface area contributed by atoms with Crippen molar-refractivity contribution in [2.24, 2.45) is 16.8 Å². The van der Waals surface area contributed by atoms with Gasteiger partial charge < -0.3 is 10.6 Å². The zero-order valence-electron chi connectivity index (χ0n) is 12.5. The Morgan fingerprint density at radius 3 is 2.65 bits per heavy atom. The minimum Gasteiger partial charge on any atom is -0.355 e. The van der Waals surface area contributed by atoms with Crippen LogP contribution in [0.1, 0.15) is 51.4 Å². The largest absolute Gasteiger partial charge is 0.355 e. The molecular formula is C16H28IN3. The maximum absolute atomic E-state index is 5.26. The van der Waals surface area contributed by atoms with Gasteiger partial charge in [0.25, 0.3) is 0 Å². The minimum absolute atomic E-state index is 0. The molecule has 2 aliphatic rings. The summed E-state index contributed by atoms with van der Waals surface area (Å²) in [6, 6.07) is 0.594. The van der Waals surface area contributed by atoms with Crippen LogP contribution in [0.4, 0.5) is 0 Å². The molecule has 3 atom stereocenters. The average Bonchev–Trinajstić information content (AvgIpc) is 2.46. The molecule has 0 saturated heterocycles. The number of nitrogens with one attached hydrogen (secondary N) is 2. The fourth-order valence-electron chi connectivity index (χ4n) is 3.65. The Morgan fingerprint density at radius 1 is 1.20 bits per heavy atom. The number of hydrogen-bond donors (Lipinski definition) is 2. The Labute approximate surface area is 140 Å². The number of hydrogen-bond acceptors (Lipinski definition) is 1. The van der Waals surface area contributed by atoms with Crippen LogP contribution >= 0.6 is 24.0 Å². The lowest BCUT2D eigenvalue weighted by atomic mass is 9.69. The highest BCUT2D eigenvalue weighted by Crippen LogP contribution is 2.40. The Bertz CT molecular complexity index is 348. The monoisotopic (exact) mass is 389 g/mol. The molecule has 2 aliphatic carbocycles. The highest BCUT2D eigenvalue weighted by Gasteiger charge is 2.32. The summed E-state index contributed by atoms with van der Waals surface area (Å²) in [6.07, 6.45) is 15.8. The van der Waals surface area contributed by atoms with Gasteiger partial charge >= 0.3 is 0 Å². The number of rotatable bonds is 3. The molecule has 0 spiro atoms. The van der Waals surface area contributed by atoms with Crippen molar-refractivity contribution in [3.8, 4) is 12.3 Å². The van der Waals surface area contributed by atoms with Crippen LogP contribution in [0.2, 0.25) is 0 Å². The van der Waals surface area contributed by atoms with Gasteiger partial charge in [-0.2, -0.15) is 0 Å². The lowest BCUT2D eigenvalue weighted by molar-refractivity contribution is 0.150. The molecule has 4 heteroatoms. The number of terminal acetylenes is 1. The van der Waals surface area contributed by atoms with Crippen LogP contribution in [-0.4, -0.2) is 25.6 Å². The van der Waals surface area contributed by atoms with Crippen molar-refractivity contribution in [2.75, 3.05) is 13.6 Å². The van der Waals surface area contributed by atoms with E-state index in [4.69, 9.17) is 6.42 Å². The molecule has 0 bridgehead atoms. The molecular weight excluding hydrogens is 361 g/mol. The van der Waals surface area contributed by atoms with Crippen LogP contribution in [0.15, 0.2) is 4.99 Å². The molecule has 114 valence electrons. The molecule has 3 nitrogen and oxygen atoms in total. The normalized spacial score (nSPS) is 29.6. The van der Waals surface area contributed by atoms with Gasteiger partial charge in [0.2, 0.25) is 0 Å². The van der Waals surface area contributed by atoms with Gasteiger partial charge in [-0.1, -0.05) is 25.7 Å². The topological polar surface area (TPSA) is 36.4 Å². The van der Waals surface area contributed by atoms with E-state index in [0.29, 0.717) is 6.04 Å². The molecule has 0 aliphatic heterocycles. The molecule has 2 fully saturated rings. The first-order chi connectivity index (χ1) is 9.33. The summed E-state index contributed by atoms with van der Waals surface area (Å²) in [5.41, 5.74) is 0. The molecule has 2 saturated carbocycles. The van der Waals surface area contributed by atoms with Crippen molar-refractivity contribution >= 4 is 29.9 Å². The van der Waals surface area contributed by atoms with Gasteiger partial charge in [-0.3, -0.25) is 4.99 Å². The smallest absolute Gasteiger partial charge is 0.191 e. The van der Waals surface area contributed by atoms with Gasteiger partial charge in [0.15, 0.2) is 5.96 Å². The van der Waals surface area contributed by atoms with E-state index in [1.807, 2.05) is 7.05 Å². The molecule has 3 unspecified atom stereocenters. The first kappa shape index (κ1) is 17.6. The number of halogens is 1. The summed E-state index contributed by atoms with van der Waals surface area (Å²) < 4.78 is 0. The van der Waals surface area contributed by atoms with Crippen molar-refractivity contribution in [3.63, 3.8) is 0 Å². The highest BCUT2D eigenvalue weighted by atomic mass is 127. The quantitative estimate of drug-likeness (QED) is 0.256. The van der Waals surface area contributed by atoms with Crippen molar-refractivity contribution in [3.05, 3.63) is 0 Å². The molecule has 0 radical (unpaired) electrons. The summed E-state index contributed by atoms with van der Waals surface area (Å²) >= 11 is 0. The second-order valence-corrected chi connectivity index (χ2v) is 5.91.